The Morgan fingerprint density at radius 3 is 2.38 bits per heavy atom. The standard InChI is InChI=1S/C16H16ClN5O2S2/c1-22(2)13-9-15(20-18-10-13)19-11-3-5-12(6-4-11)21-26(23,24)16-8-7-14(17)25-16/h3-10,21H,1-2H3,(H,19,20). The van der Waals surface area contributed by atoms with Crippen molar-refractivity contribution < 1.29 is 8.42 Å². The van der Waals surface area contributed by atoms with E-state index in [2.05, 4.69) is 20.2 Å². The van der Waals surface area contributed by atoms with Gasteiger partial charge >= 0.3 is 0 Å². The molecule has 0 radical (unpaired) electrons. The monoisotopic (exact) mass is 409 g/mol. The van der Waals surface area contributed by atoms with Gasteiger partial charge in [-0.1, -0.05) is 11.6 Å². The Labute approximate surface area is 160 Å². The molecular weight excluding hydrogens is 394 g/mol. The molecule has 136 valence electrons. The minimum absolute atomic E-state index is 0.167. The second-order valence-corrected chi connectivity index (χ2v) is 9.18. The molecule has 2 heterocycles. The molecule has 0 spiro atoms. The number of anilines is 4. The van der Waals surface area contributed by atoms with E-state index in [-0.39, 0.29) is 4.21 Å². The van der Waals surface area contributed by atoms with Crippen molar-refractivity contribution in [2.24, 2.45) is 0 Å². The maximum atomic E-state index is 12.3. The predicted octanol–water partition coefficient (Wildman–Crippen LogP) is 3.80. The number of hydrogen-bond donors (Lipinski definition) is 2. The van der Waals surface area contributed by atoms with Crippen molar-refractivity contribution in [1.29, 1.82) is 0 Å². The topological polar surface area (TPSA) is 87.2 Å². The fraction of sp³-hybridized carbons (Fsp3) is 0.125. The minimum Gasteiger partial charge on any atom is -0.376 e. The molecule has 7 nitrogen and oxygen atoms in total. The number of benzene rings is 1. The van der Waals surface area contributed by atoms with Crippen LogP contribution >= 0.6 is 22.9 Å². The van der Waals surface area contributed by atoms with Gasteiger partial charge in [-0.2, -0.15) is 5.10 Å². The summed E-state index contributed by atoms with van der Waals surface area (Å²) in [5.41, 5.74) is 2.13. The largest absolute Gasteiger partial charge is 0.376 e. The number of thiophene rings is 1. The van der Waals surface area contributed by atoms with Crippen LogP contribution in [0.1, 0.15) is 0 Å². The number of halogens is 1. The van der Waals surface area contributed by atoms with Gasteiger partial charge in [0.2, 0.25) is 0 Å². The highest BCUT2D eigenvalue weighted by molar-refractivity contribution is 7.94. The van der Waals surface area contributed by atoms with Gasteiger partial charge in [0, 0.05) is 31.5 Å². The van der Waals surface area contributed by atoms with E-state index in [1.807, 2.05) is 25.1 Å². The van der Waals surface area contributed by atoms with E-state index < -0.39 is 10.0 Å². The first-order chi connectivity index (χ1) is 12.3. The third-order valence-corrected chi connectivity index (χ3v) is 6.48. The summed E-state index contributed by atoms with van der Waals surface area (Å²) < 4.78 is 27.7. The lowest BCUT2D eigenvalue weighted by molar-refractivity contribution is 0.603. The van der Waals surface area contributed by atoms with E-state index in [9.17, 15) is 8.42 Å². The third-order valence-electron chi connectivity index (χ3n) is 3.38. The van der Waals surface area contributed by atoms with Crippen LogP contribution in [0.15, 0.2) is 52.9 Å². The summed E-state index contributed by atoms with van der Waals surface area (Å²) in [6.07, 6.45) is 1.67. The summed E-state index contributed by atoms with van der Waals surface area (Å²) in [6.45, 7) is 0. The van der Waals surface area contributed by atoms with Crippen molar-refractivity contribution in [3.8, 4) is 0 Å². The number of rotatable bonds is 6. The highest BCUT2D eigenvalue weighted by Crippen LogP contribution is 2.28. The molecule has 0 aliphatic rings. The lowest BCUT2D eigenvalue weighted by Crippen LogP contribution is -2.11. The van der Waals surface area contributed by atoms with Crippen LogP contribution in [0.2, 0.25) is 4.34 Å². The fourth-order valence-corrected chi connectivity index (χ4v) is 4.62. The van der Waals surface area contributed by atoms with Crippen LogP contribution in [-0.2, 0) is 10.0 Å². The van der Waals surface area contributed by atoms with E-state index in [0.717, 1.165) is 22.7 Å². The van der Waals surface area contributed by atoms with Gasteiger partial charge in [-0.3, -0.25) is 4.72 Å². The van der Waals surface area contributed by atoms with Gasteiger partial charge < -0.3 is 10.2 Å². The molecule has 0 amide bonds. The lowest BCUT2D eigenvalue weighted by Gasteiger charge is -2.13. The summed E-state index contributed by atoms with van der Waals surface area (Å²) in [5, 5.41) is 11.1. The summed E-state index contributed by atoms with van der Waals surface area (Å²) in [4.78, 5) is 1.93. The molecule has 2 N–H and O–H groups in total. The molecule has 1 aromatic carbocycles. The van der Waals surface area contributed by atoms with Crippen molar-refractivity contribution >= 4 is 55.8 Å². The van der Waals surface area contributed by atoms with Crippen LogP contribution in [0.3, 0.4) is 0 Å². The van der Waals surface area contributed by atoms with E-state index in [4.69, 9.17) is 11.6 Å². The zero-order valence-corrected chi connectivity index (χ0v) is 16.4. The van der Waals surface area contributed by atoms with Crippen LogP contribution in [0, 0.1) is 0 Å². The molecule has 10 heteroatoms. The van der Waals surface area contributed by atoms with Crippen molar-refractivity contribution in [2.45, 2.75) is 4.21 Å². The molecule has 26 heavy (non-hydrogen) atoms. The second kappa shape index (κ2) is 7.48. The summed E-state index contributed by atoms with van der Waals surface area (Å²) in [7, 11) is 0.195. The van der Waals surface area contributed by atoms with Crippen LogP contribution in [0.25, 0.3) is 0 Å². The maximum Gasteiger partial charge on any atom is 0.271 e. The predicted molar refractivity (Wildman–Crippen MR) is 106 cm³/mol. The molecule has 0 unspecified atom stereocenters. The van der Waals surface area contributed by atoms with Gasteiger partial charge in [0.15, 0.2) is 5.82 Å². The number of sulfonamides is 1. The van der Waals surface area contributed by atoms with Gasteiger partial charge in [0.25, 0.3) is 10.0 Å². The molecule has 3 rings (SSSR count). The molecule has 3 aromatic rings. The molecule has 0 aliphatic carbocycles. The zero-order chi connectivity index (χ0) is 18.7. The Hall–Kier alpha value is -2.36. The minimum atomic E-state index is -3.64. The first-order valence-corrected chi connectivity index (χ1v) is 10.2. The molecule has 0 saturated heterocycles. The second-order valence-electron chi connectivity index (χ2n) is 5.56. The summed E-state index contributed by atoms with van der Waals surface area (Å²) in [5.74, 6) is 0.595. The first kappa shape index (κ1) is 18.4. The van der Waals surface area contributed by atoms with E-state index in [0.29, 0.717) is 15.8 Å². The van der Waals surface area contributed by atoms with Gasteiger partial charge in [-0.25, -0.2) is 8.42 Å². The van der Waals surface area contributed by atoms with Crippen molar-refractivity contribution in [3.63, 3.8) is 0 Å². The van der Waals surface area contributed by atoms with Gasteiger partial charge in [-0.15, -0.1) is 16.4 Å². The highest BCUT2D eigenvalue weighted by atomic mass is 35.5. The van der Waals surface area contributed by atoms with E-state index in [1.54, 1.807) is 36.5 Å². The SMILES string of the molecule is CN(C)c1cnnc(Nc2ccc(NS(=O)(=O)c3ccc(Cl)s3)cc2)c1. The Morgan fingerprint density at radius 1 is 1.08 bits per heavy atom. The van der Waals surface area contributed by atoms with Gasteiger partial charge in [0.05, 0.1) is 16.2 Å². The van der Waals surface area contributed by atoms with Crippen molar-refractivity contribution in [3.05, 3.63) is 53.0 Å². The maximum absolute atomic E-state index is 12.3. The summed E-state index contributed by atoms with van der Waals surface area (Å²) in [6, 6.07) is 11.7. The third kappa shape index (κ3) is 4.43. The lowest BCUT2D eigenvalue weighted by atomic mass is 10.3. The Bertz CT molecular complexity index is 1000. The zero-order valence-electron chi connectivity index (χ0n) is 14.0. The van der Waals surface area contributed by atoms with E-state index in [1.165, 1.54) is 6.07 Å². The van der Waals surface area contributed by atoms with Crippen LogP contribution in [0.5, 0.6) is 0 Å². The number of hydrogen-bond acceptors (Lipinski definition) is 7. The average molecular weight is 410 g/mol. The molecule has 0 atom stereocenters. The van der Waals surface area contributed by atoms with Crippen molar-refractivity contribution in [1.82, 2.24) is 10.2 Å². The molecule has 2 aromatic heterocycles. The van der Waals surface area contributed by atoms with Gasteiger partial charge in [-0.05, 0) is 36.4 Å². The molecular formula is C16H16ClN5O2S2. The summed E-state index contributed by atoms with van der Waals surface area (Å²) >= 11 is 6.81. The Balaban J connectivity index is 1.72. The number of nitrogens with one attached hydrogen (secondary N) is 2. The molecule has 0 bridgehead atoms. The Kier molecular flexibility index (Phi) is 5.30. The molecule has 0 fully saturated rings. The van der Waals surface area contributed by atoms with Crippen molar-refractivity contribution in [2.75, 3.05) is 29.0 Å². The van der Waals surface area contributed by atoms with Crippen LogP contribution in [0.4, 0.5) is 22.9 Å². The highest BCUT2D eigenvalue weighted by Gasteiger charge is 2.16. The average Bonchev–Trinajstić information content (AvgIpc) is 3.04. The molecule has 0 saturated carbocycles. The Morgan fingerprint density at radius 2 is 1.77 bits per heavy atom. The van der Waals surface area contributed by atoms with Crippen LogP contribution < -0.4 is 14.9 Å². The first-order valence-electron chi connectivity index (χ1n) is 7.49. The number of aromatic nitrogens is 2. The molecule has 0 aliphatic heterocycles. The van der Waals surface area contributed by atoms with Gasteiger partial charge in [0.1, 0.15) is 4.21 Å². The number of nitrogens with zero attached hydrogens (tertiary/aromatic N) is 3. The quantitative estimate of drug-likeness (QED) is 0.643. The normalized spacial score (nSPS) is 11.2. The fourth-order valence-electron chi connectivity index (χ4n) is 2.08. The van der Waals surface area contributed by atoms with Crippen LogP contribution in [-0.4, -0.2) is 32.7 Å². The van der Waals surface area contributed by atoms with E-state index >= 15 is 0 Å². The smallest absolute Gasteiger partial charge is 0.271 e.